The summed E-state index contributed by atoms with van der Waals surface area (Å²) in [6, 6.07) is 8.14. The van der Waals surface area contributed by atoms with Gasteiger partial charge in [-0.2, -0.15) is 0 Å². The number of piperidine rings is 1. The van der Waals surface area contributed by atoms with E-state index in [0.29, 0.717) is 11.8 Å². The van der Waals surface area contributed by atoms with Gasteiger partial charge in [-0.25, -0.2) is 0 Å². The molecule has 2 aromatic heterocycles. The Bertz CT molecular complexity index is 632. The van der Waals surface area contributed by atoms with Crippen molar-refractivity contribution in [1.82, 2.24) is 14.9 Å². The van der Waals surface area contributed by atoms with Crippen molar-refractivity contribution >= 4 is 0 Å². The molecule has 4 heteroatoms. The molecular formula is C19H23N3O. The van der Waals surface area contributed by atoms with E-state index in [9.17, 15) is 5.11 Å². The first-order valence-electron chi connectivity index (χ1n) is 8.51. The molecule has 4 nitrogen and oxygen atoms in total. The first-order valence-corrected chi connectivity index (χ1v) is 8.51. The monoisotopic (exact) mass is 309 g/mol. The summed E-state index contributed by atoms with van der Waals surface area (Å²) in [5.74, 6) is 0.585. The Morgan fingerprint density at radius 2 is 1.78 bits per heavy atom. The van der Waals surface area contributed by atoms with Crippen LogP contribution >= 0.6 is 0 Å². The molecule has 4 rings (SSSR count). The second kappa shape index (κ2) is 6.02. The number of hydrogen-bond acceptors (Lipinski definition) is 4. The summed E-state index contributed by atoms with van der Waals surface area (Å²) in [4.78, 5) is 10.8. The number of hydrogen-bond donors (Lipinski definition) is 1. The number of pyridine rings is 2. The number of aromatic nitrogens is 2. The highest BCUT2D eigenvalue weighted by atomic mass is 16.3. The van der Waals surface area contributed by atoms with Crippen molar-refractivity contribution in [3.8, 4) is 0 Å². The molecular weight excluding hydrogens is 286 g/mol. The lowest BCUT2D eigenvalue weighted by atomic mass is 9.63. The maximum Gasteiger partial charge on any atom is 0.0991 e. The molecule has 2 aromatic rings. The van der Waals surface area contributed by atoms with Crippen molar-refractivity contribution in [3.63, 3.8) is 0 Å². The minimum Gasteiger partial charge on any atom is -0.384 e. The molecule has 0 aromatic carbocycles. The zero-order valence-corrected chi connectivity index (χ0v) is 13.3. The Kier molecular flexibility index (Phi) is 3.87. The van der Waals surface area contributed by atoms with E-state index in [-0.39, 0.29) is 0 Å². The third-order valence-electron chi connectivity index (χ3n) is 5.59. The molecule has 1 unspecified atom stereocenters. The maximum atomic E-state index is 11.5. The summed E-state index contributed by atoms with van der Waals surface area (Å²) in [6.45, 7) is 2.84. The van der Waals surface area contributed by atoms with Gasteiger partial charge in [-0.3, -0.25) is 14.9 Å². The number of rotatable bonds is 3. The molecule has 2 aliphatic rings. The predicted octanol–water partition coefficient (Wildman–Crippen LogP) is 2.60. The van der Waals surface area contributed by atoms with Crippen LogP contribution in [0.1, 0.15) is 30.4 Å². The predicted molar refractivity (Wildman–Crippen MR) is 88.5 cm³/mol. The minimum absolute atomic E-state index is 0.293. The van der Waals surface area contributed by atoms with Crippen LogP contribution in [0.2, 0.25) is 0 Å². The molecule has 2 bridgehead atoms. The highest BCUT2D eigenvalue weighted by molar-refractivity contribution is 5.24. The van der Waals surface area contributed by atoms with E-state index in [1.807, 2.05) is 30.7 Å². The molecule has 0 amide bonds. The van der Waals surface area contributed by atoms with E-state index < -0.39 is 5.60 Å². The summed E-state index contributed by atoms with van der Waals surface area (Å²) in [7, 11) is 0. The SMILES string of the molecule is OC1(c2cccnc2)[C@@H]2CCC[C@H]1CN(Cc1ccncc1)C2. The van der Waals surface area contributed by atoms with Gasteiger partial charge in [0.25, 0.3) is 0 Å². The molecule has 1 N–H and O–H groups in total. The molecule has 23 heavy (non-hydrogen) atoms. The minimum atomic E-state index is -0.707. The van der Waals surface area contributed by atoms with E-state index in [4.69, 9.17) is 0 Å². The lowest BCUT2D eigenvalue weighted by molar-refractivity contribution is -0.148. The lowest BCUT2D eigenvalue weighted by Gasteiger charge is -2.53. The van der Waals surface area contributed by atoms with Crippen molar-refractivity contribution in [1.29, 1.82) is 0 Å². The van der Waals surface area contributed by atoms with Gasteiger partial charge in [-0.1, -0.05) is 12.5 Å². The third-order valence-corrected chi connectivity index (χ3v) is 5.59. The quantitative estimate of drug-likeness (QED) is 0.947. The van der Waals surface area contributed by atoms with Gasteiger partial charge in [0.1, 0.15) is 0 Å². The number of fused-ring (bicyclic) bond motifs is 2. The van der Waals surface area contributed by atoms with Crippen LogP contribution in [0.4, 0.5) is 0 Å². The molecule has 1 saturated heterocycles. The first-order chi connectivity index (χ1) is 11.3. The van der Waals surface area contributed by atoms with Crippen molar-refractivity contribution in [2.45, 2.75) is 31.4 Å². The fourth-order valence-corrected chi connectivity index (χ4v) is 4.49. The van der Waals surface area contributed by atoms with E-state index in [1.165, 1.54) is 12.0 Å². The van der Waals surface area contributed by atoms with Crippen LogP contribution in [0, 0.1) is 11.8 Å². The van der Waals surface area contributed by atoms with Crippen LogP contribution in [-0.2, 0) is 12.1 Å². The van der Waals surface area contributed by atoms with Crippen LogP contribution in [-0.4, -0.2) is 33.1 Å². The average Bonchev–Trinajstić information content (AvgIpc) is 2.58. The molecule has 1 saturated carbocycles. The summed E-state index contributed by atoms with van der Waals surface area (Å²) in [6.07, 6.45) is 10.7. The normalized spacial score (nSPS) is 31.0. The van der Waals surface area contributed by atoms with Crippen LogP contribution in [0.25, 0.3) is 0 Å². The second-order valence-electron chi connectivity index (χ2n) is 6.94. The summed E-state index contributed by atoms with van der Waals surface area (Å²) in [5, 5.41) is 11.5. The fraction of sp³-hybridized carbons (Fsp3) is 0.474. The highest BCUT2D eigenvalue weighted by Gasteiger charge is 2.51. The Morgan fingerprint density at radius 3 is 2.43 bits per heavy atom. The van der Waals surface area contributed by atoms with Gasteiger partial charge < -0.3 is 5.11 Å². The molecule has 120 valence electrons. The molecule has 3 atom stereocenters. The lowest BCUT2D eigenvalue weighted by Crippen LogP contribution is -2.57. The van der Waals surface area contributed by atoms with Crippen LogP contribution in [0.15, 0.2) is 49.1 Å². The summed E-state index contributed by atoms with van der Waals surface area (Å²) in [5.41, 5.74) is 1.59. The number of nitrogens with zero attached hydrogens (tertiary/aromatic N) is 3. The maximum absolute atomic E-state index is 11.5. The van der Waals surface area contributed by atoms with Crippen LogP contribution in [0.5, 0.6) is 0 Å². The zero-order chi connectivity index (χ0) is 15.7. The van der Waals surface area contributed by atoms with Gasteiger partial charge in [0.2, 0.25) is 0 Å². The van der Waals surface area contributed by atoms with E-state index in [0.717, 1.165) is 38.0 Å². The molecule has 1 aliphatic heterocycles. The smallest absolute Gasteiger partial charge is 0.0991 e. The summed E-state index contributed by atoms with van der Waals surface area (Å²) < 4.78 is 0. The second-order valence-corrected chi connectivity index (χ2v) is 6.94. The van der Waals surface area contributed by atoms with Crippen LogP contribution in [0.3, 0.4) is 0 Å². The van der Waals surface area contributed by atoms with Gasteiger partial charge in [0.15, 0.2) is 0 Å². The standard InChI is InChI=1S/C19H23N3O/c23-19(16-5-2-8-21-11-16)17-3-1-4-18(19)14-22(13-17)12-15-6-9-20-10-7-15/h2,5-11,17-18,23H,1,3-4,12-14H2/t17-,18+,19?. The molecule has 0 radical (unpaired) electrons. The van der Waals surface area contributed by atoms with Crippen molar-refractivity contribution in [2.24, 2.45) is 11.8 Å². The molecule has 1 aliphatic carbocycles. The number of likely N-dealkylation sites (tertiary alicyclic amines) is 1. The van der Waals surface area contributed by atoms with E-state index in [1.54, 1.807) is 6.20 Å². The number of aliphatic hydroxyl groups is 1. The Balaban J connectivity index is 1.57. The Labute approximate surface area is 137 Å². The van der Waals surface area contributed by atoms with E-state index in [2.05, 4.69) is 27.0 Å². The molecule has 2 fully saturated rings. The molecule has 3 heterocycles. The third kappa shape index (κ3) is 2.66. The van der Waals surface area contributed by atoms with Gasteiger partial charge in [0, 0.05) is 61.8 Å². The first kappa shape index (κ1) is 14.8. The van der Waals surface area contributed by atoms with Crippen molar-refractivity contribution in [3.05, 3.63) is 60.2 Å². The van der Waals surface area contributed by atoms with Crippen molar-refractivity contribution in [2.75, 3.05) is 13.1 Å². The fourth-order valence-electron chi connectivity index (χ4n) is 4.49. The van der Waals surface area contributed by atoms with Gasteiger partial charge >= 0.3 is 0 Å². The van der Waals surface area contributed by atoms with Crippen LogP contribution < -0.4 is 0 Å². The summed E-state index contributed by atoms with van der Waals surface area (Å²) >= 11 is 0. The topological polar surface area (TPSA) is 49.3 Å². The highest BCUT2D eigenvalue weighted by Crippen LogP contribution is 2.49. The van der Waals surface area contributed by atoms with Crippen molar-refractivity contribution < 1.29 is 5.11 Å². The van der Waals surface area contributed by atoms with Gasteiger partial charge in [-0.05, 0) is 36.6 Å². The van der Waals surface area contributed by atoms with Gasteiger partial charge in [0.05, 0.1) is 5.60 Å². The average molecular weight is 309 g/mol. The Hall–Kier alpha value is -1.78. The largest absolute Gasteiger partial charge is 0.384 e. The zero-order valence-electron chi connectivity index (χ0n) is 13.3. The van der Waals surface area contributed by atoms with Gasteiger partial charge in [-0.15, -0.1) is 0 Å². The van der Waals surface area contributed by atoms with E-state index >= 15 is 0 Å². The molecule has 0 spiro atoms. The Morgan fingerprint density at radius 1 is 1.04 bits per heavy atom.